The number of aromatic amines is 2. The van der Waals surface area contributed by atoms with E-state index in [1.165, 1.54) is 4.57 Å². The molecule has 0 aliphatic carbocycles. The lowest BCUT2D eigenvalue weighted by atomic mass is 10.1. The highest BCUT2D eigenvalue weighted by atomic mass is 16.2. The van der Waals surface area contributed by atoms with E-state index in [2.05, 4.69) is 39.0 Å². The molecule has 0 spiro atoms. The Morgan fingerprint density at radius 3 is 2.75 bits per heavy atom. The molecule has 24 heavy (non-hydrogen) atoms. The number of H-pyrrole nitrogens is 2. The average molecular weight is 328 g/mol. The van der Waals surface area contributed by atoms with Crippen LogP contribution in [0.25, 0.3) is 22.4 Å². The first-order valence-electron chi connectivity index (χ1n) is 7.93. The van der Waals surface area contributed by atoms with Crippen molar-refractivity contribution in [1.82, 2.24) is 29.7 Å². The molecule has 0 aliphatic heterocycles. The molecular weight excluding hydrogens is 308 g/mol. The van der Waals surface area contributed by atoms with Gasteiger partial charge in [-0.1, -0.05) is 20.3 Å². The van der Waals surface area contributed by atoms with Crippen LogP contribution in [0, 0.1) is 12.8 Å². The zero-order valence-corrected chi connectivity index (χ0v) is 14.2. The molecule has 3 heterocycles. The summed E-state index contributed by atoms with van der Waals surface area (Å²) in [6.07, 6.45) is 1.84. The molecule has 0 amide bonds. The maximum absolute atomic E-state index is 12.3. The van der Waals surface area contributed by atoms with Crippen molar-refractivity contribution in [2.24, 2.45) is 13.0 Å². The van der Waals surface area contributed by atoms with Gasteiger partial charge in [0.2, 0.25) is 0 Å². The van der Waals surface area contributed by atoms with Crippen LogP contribution >= 0.6 is 0 Å². The minimum Gasteiger partial charge on any atom is -0.281 e. The smallest absolute Gasteiger partial charge is 0.281 e. The molecule has 1 unspecified atom stereocenters. The van der Waals surface area contributed by atoms with Gasteiger partial charge in [0.15, 0.2) is 5.82 Å². The molecule has 0 fully saturated rings. The van der Waals surface area contributed by atoms with Crippen molar-refractivity contribution in [3.8, 4) is 11.4 Å². The zero-order valence-electron chi connectivity index (χ0n) is 14.2. The molecule has 0 aromatic carbocycles. The van der Waals surface area contributed by atoms with Crippen molar-refractivity contribution >= 4 is 11.0 Å². The fraction of sp³-hybridized carbons (Fsp3) is 0.438. The first-order chi connectivity index (χ1) is 11.4. The number of rotatable bonds is 4. The van der Waals surface area contributed by atoms with Gasteiger partial charge < -0.3 is 0 Å². The van der Waals surface area contributed by atoms with Crippen molar-refractivity contribution < 1.29 is 0 Å². The summed E-state index contributed by atoms with van der Waals surface area (Å²) < 4.78 is 1.32. The van der Waals surface area contributed by atoms with Crippen molar-refractivity contribution in [2.45, 2.75) is 33.6 Å². The number of aryl methyl sites for hydroxylation is 2. The third-order valence-corrected chi connectivity index (χ3v) is 4.21. The minimum atomic E-state index is -0.496. The fourth-order valence-electron chi connectivity index (χ4n) is 2.62. The summed E-state index contributed by atoms with van der Waals surface area (Å²) in [5.41, 5.74) is 0.604. The minimum absolute atomic E-state index is 0.316. The highest BCUT2D eigenvalue weighted by Crippen LogP contribution is 2.23. The number of hydrogen-bond acceptors (Lipinski definition) is 5. The predicted octanol–water partition coefficient (Wildman–Crippen LogP) is 1.30. The summed E-state index contributed by atoms with van der Waals surface area (Å²) in [5.74, 6) is 1.71. The van der Waals surface area contributed by atoms with Gasteiger partial charge in [0.05, 0.1) is 5.39 Å². The highest BCUT2D eigenvalue weighted by molar-refractivity contribution is 5.90. The molecule has 0 radical (unpaired) electrons. The molecule has 3 aromatic rings. The lowest BCUT2D eigenvalue weighted by Gasteiger charge is -2.07. The maximum Gasteiger partial charge on any atom is 0.329 e. The Kier molecular flexibility index (Phi) is 4.04. The average Bonchev–Trinajstić information content (AvgIpc) is 3.00. The van der Waals surface area contributed by atoms with Gasteiger partial charge in [-0.15, -0.1) is 0 Å². The van der Waals surface area contributed by atoms with Crippen LogP contribution in [0.2, 0.25) is 0 Å². The molecule has 0 saturated heterocycles. The Hall–Kier alpha value is -2.77. The summed E-state index contributed by atoms with van der Waals surface area (Å²) in [6.45, 7) is 6.08. The number of aromatic nitrogens is 6. The summed E-state index contributed by atoms with van der Waals surface area (Å²) >= 11 is 0. The van der Waals surface area contributed by atoms with E-state index < -0.39 is 11.2 Å². The van der Waals surface area contributed by atoms with Crippen LogP contribution in [-0.4, -0.2) is 29.7 Å². The molecule has 0 aliphatic rings. The number of pyridine rings is 1. The van der Waals surface area contributed by atoms with E-state index in [-0.39, 0.29) is 0 Å². The molecule has 3 aromatic heterocycles. The van der Waals surface area contributed by atoms with Gasteiger partial charge in [0.1, 0.15) is 11.5 Å². The van der Waals surface area contributed by atoms with Crippen LogP contribution in [0.3, 0.4) is 0 Å². The van der Waals surface area contributed by atoms with Crippen LogP contribution in [-0.2, 0) is 13.5 Å². The van der Waals surface area contributed by atoms with E-state index in [0.29, 0.717) is 34.0 Å². The van der Waals surface area contributed by atoms with Crippen LogP contribution in [0.15, 0.2) is 15.7 Å². The van der Waals surface area contributed by atoms with E-state index in [0.717, 1.165) is 18.7 Å². The molecule has 3 rings (SSSR count). The van der Waals surface area contributed by atoms with Crippen molar-refractivity contribution in [3.05, 3.63) is 38.4 Å². The standard InChI is InChI=1S/C16H20N6O2/c1-5-8(2)6-11-18-13(21-20-11)10-7-9(3)17-14-12(10)15(23)19-16(24)22(14)4/h7-8H,5-6H2,1-4H3,(H,18,20,21)(H,19,23,24). The third-order valence-electron chi connectivity index (χ3n) is 4.21. The third kappa shape index (κ3) is 2.75. The SMILES string of the molecule is CCC(C)Cc1nc(-c2cc(C)nc3c2c(=O)[nH]c(=O)n3C)n[nH]1. The van der Waals surface area contributed by atoms with Crippen LogP contribution < -0.4 is 11.2 Å². The van der Waals surface area contributed by atoms with Gasteiger partial charge in [-0.2, -0.15) is 5.10 Å². The highest BCUT2D eigenvalue weighted by Gasteiger charge is 2.17. The second-order valence-corrected chi connectivity index (χ2v) is 6.15. The first kappa shape index (κ1) is 16.1. The number of nitrogens with zero attached hydrogens (tertiary/aromatic N) is 4. The van der Waals surface area contributed by atoms with Gasteiger partial charge in [-0.05, 0) is 18.9 Å². The van der Waals surface area contributed by atoms with E-state index in [9.17, 15) is 9.59 Å². The quantitative estimate of drug-likeness (QED) is 0.750. The normalized spacial score (nSPS) is 12.7. The zero-order chi connectivity index (χ0) is 17.4. The van der Waals surface area contributed by atoms with Gasteiger partial charge in [-0.3, -0.25) is 19.4 Å². The van der Waals surface area contributed by atoms with Gasteiger partial charge in [0.25, 0.3) is 5.56 Å². The molecule has 2 N–H and O–H groups in total. The molecule has 8 nitrogen and oxygen atoms in total. The topological polar surface area (TPSA) is 109 Å². The Morgan fingerprint density at radius 2 is 2.04 bits per heavy atom. The Morgan fingerprint density at radius 1 is 1.29 bits per heavy atom. The van der Waals surface area contributed by atoms with Gasteiger partial charge in [0, 0.05) is 24.7 Å². The number of fused-ring (bicyclic) bond motifs is 1. The maximum atomic E-state index is 12.3. The van der Waals surface area contributed by atoms with Crippen molar-refractivity contribution in [3.63, 3.8) is 0 Å². The van der Waals surface area contributed by atoms with Crippen LogP contribution in [0.5, 0.6) is 0 Å². The summed E-state index contributed by atoms with van der Waals surface area (Å²) in [4.78, 5) is 35.3. The van der Waals surface area contributed by atoms with Crippen LogP contribution in [0.1, 0.15) is 31.8 Å². The summed E-state index contributed by atoms with van der Waals surface area (Å²) in [5, 5.41) is 7.51. The largest absolute Gasteiger partial charge is 0.329 e. The van der Waals surface area contributed by atoms with E-state index >= 15 is 0 Å². The Bertz CT molecular complexity index is 1010. The Balaban J connectivity index is 2.22. The van der Waals surface area contributed by atoms with E-state index in [1.807, 2.05) is 0 Å². The number of hydrogen-bond donors (Lipinski definition) is 2. The Labute approximate surface area is 138 Å². The monoisotopic (exact) mass is 328 g/mol. The first-order valence-corrected chi connectivity index (χ1v) is 7.93. The van der Waals surface area contributed by atoms with E-state index in [1.54, 1.807) is 20.0 Å². The second kappa shape index (κ2) is 6.03. The molecule has 126 valence electrons. The van der Waals surface area contributed by atoms with Gasteiger partial charge >= 0.3 is 5.69 Å². The fourth-order valence-corrected chi connectivity index (χ4v) is 2.62. The van der Waals surface area contributed by atoms with E-state index in [4.69, 9.17) is 0 Å². The summed E-state index contributed by atoms with van der Waals surface area (Å²) in [7, 11) is 1.57. The van der Waals surface area contributed by atoms with Crippen molar-refractivity contribution in [1.29, 1.82) is 0 Å². The molecule has 0 bridgehead atoms. The molecule has 0 saturated carbocycles. The van der Waals surface area contributed by atoms with Crippen LogP contribution in [0.4, 0.5) is 0 Å². The predicted molar refractivity (Wildman–Crippen MR) is 90.9 cm³/mol. The molecular formula is C16H20N6O2. The lowest BCUT2D eigenvalue weighted by Crippen LogP contribution is -2.29. The van der Waals surface area contributed by atoms with Gasteiger partial charge in [-0.25, -0.2) is 14.8 Å². The number of nitrogens with one attached hydrogen (secondary N) is 2. The molecule has 1 atom stereocenters. The molecule has 8 heteroatoms. The second-order valence-electron chi connectivity index (χ2n) is 6.15. The van der Waals surface area contributed by atoms with Crippen molar-refractivity contribution in [2.75, 3.05) is 0 Å². The lowest BCUT2D eigenvalue weighted by molar-refractivity contribution is 0.544. The summed E-state index contributed by atoms with van der Waals surface area (Å²) in [6, 6.07) is 1.76.